The minimum absolute atomic E-state index is 0.686. The Morgan fingerprint density at radius 2 is 2.00 bits per heavy atom. The predicted octanol–water partition coefficient (Wildman–Crippen LogP) is 1.94. The number of hydrogen-bond acceptors (Lipinski definition) is 1. The molecule has 0 aliphatic rings. The average Bonchev–Trinajstić information content (AvgIpc) is 1.82. The minimum Gasteiger partial charge on any atom is -0.301 e. The van der Waals surface area contributed by atoms with Crippen molar-refractivity contribution in [2.45, 2.75) is 33.7 Å². The lowest BCUT2D eigenvalue weighted by Gasteiger charge is -2.23. The normalized spacial score (nSPS) is 11.3. The summed E-state index contributed by atoms with van der Waals surface area (Å²) >= 11 is 0. The maximum atomic E-state index is 2.42. The summed E-state index contributed by atoms with van der Waals surface area (Å²) in [7, 11) is 0. The van der Waals surface area contributed by atoms with Crippen LogP contribution in [0.4, 0.5) is 0 Å². The van der Waals surface area contributed by atoms with Gasteiger partial charge in [-0.05, 0) is 26.8 Å². The van der Waals surface area contributed by atoms with Crippen LogP contribution in [0.25, 0.3) is 0 Å². The molecule has 0 rings (SSSR count). The van der Waals surface area contributed by atoms with Crippen molar-refractivity contribution in [3.8, 4) is 0 Å². The molecule has 0 aliphatic heterocycles. The first-order chi connectivity index (χ1) is 4.22. The molecule has 0 unspecified atom stereocenters. The zero-order chi connectivity index (χ0) is 7.28. The summed E-state index contributed by atoms with van der Waals surface area (Å²) in [4.78, 5) is 2.42. The summed E-state index contributed by atoms with van der Waals surface area (Å²) in [5.41, 5.74) is 0. The molecule has 0 atom stereocenters. The molecular weight excluding hydrogens is 110 g/mol. The van der Waals surface area contributed by atoms with Crippen LogP contribution in [0, 0.1) is 6.42 Å². The van der Waals surface area contributed by atoms with Crippen LogP contribution in [0.5, 0.6) is 0 Å². The van der Waals surface area contributed by atoms with Crippen molar-refractivity contribution in [2.75, 3.05) is 13.1 Å². The van der Waals surface area contributed by atoms with Gasteiger partial charge in [0.25, 0.3) is 0 Å². The Kier molecular flexibility index (Phi) is 4.78. The molecule has 55 valence electrons. The van der Waals surface area contributed by atoms with E-state index in [0.29, 0.717) is 6.04 Å². The molecule has 9 heavy (non-hydrogen) atoms. The molecule has 1 heteroatoms. The Morgan fingerprint density at radius 1 is 1.44 bits per heavy atom. The van der Waals surface area contributed by atoms with Crippen LogP contribution in [0.15, 0.2) is 0 Å². The summed E-state index contributed by atoms with van der Waals surface area (Å²) in [6.07, 6.45) is 2.20. The number of rotatable bonds is 4. The van der Waals surface area contributed by atoms with Crippen molar-refractivity contribution in [3.05, 3.63) is 6.42 Å². The Labute approximate surface area is 59.1 Å². The number of hydrogen-bond donors (Lipinski definition) is 0. The zero-order valence-electron chi connectivity index (χ0n) is 7.02. The fourth-order valence-corrected chi connectivity index (χ4v) is 0.940. The van der Waals surface area contributed by atoms with Crippen molar-refractivity contribution < 1.29 is 0 Å². The van der Waals surface area contributed by atoms with Gasteiger partial charge in [-0.25, -0.2) is 0 Å². The molecule has 0 aliphatic carbocycles. The molecule has 0 saturated heterocycles. The summed E-state index contributed by atoms with van der Waals surface area (Å²) in [6.45, 7) is 11.0. The summed E-state index contributed by atoms with van der Waals surface area (Å²) in [5, 5.41) is 0. The van der Waals surface area contributed by atoms with E-state index < -0.39 is 0 Å². The van der Waals surface area contributed by atoms with E-state index >= 15 is 0 Å². The predicted molar refractivity (Wildman–Crippen MR) is 42.4 cm³/mol. The second kappa shape index (κ2) is 4.80. The van der Waals surface area contributed by atoms with Gasteiger partial charge in [-0.15, -0.1) is 0 Å². The molecule has 0 aromatic heterocycles. The Morgan fingerprint density at radius 3 is 2.11 bits per heavy atom. The van der Waals surface area contributed by atoms with Gasteiger partial charge in [0.05, 0.1) is 0 Å². The smallest absolute Gasteiger partial charge is 0.00385 e. The lowest BCUT2D eigenvalue weighted by atomic mass is 10.3. The fraction of sp³-hybridized carbons (Fsp3) is 0.875. The SMILES string of the molecule is C[CH]CN(CC)C(C)C. The highest BCUT2D eigenvalue weighted by molar-refractivity contribution is 4.67. The van der Waals surface area contributed by atoms with Crippen LogP contribution in [0.1, 0.15) is 27.7 Å². The van der Waals surface area contributed by atoms with E-state index in [1.165, 1.54) is 0 Å². The highest BCUT2D eigenvalue weighted by Crippen LogP contribution is 1.96. The van der Waals surface area contributed by atoms with Gasteiger partial charge in [-0.3, -0.25) is 0 Å². The minimum atomic E-state index is 0.686. The Hall–Kier alpha value is -0.0400. The topological polar surface area (TPSA) is 3.24 Å². The molecule has 0 heterocycles. The lowest BCUT2D eigenvalue weighted by Crippen LogP contribution is -2.31. The quantitative estimate of drug-likeness (QED) is 0.559. The molecule has 1 radical (unpaired) electrons. The monoisotopic (exact) mass is 128 g/mol. The molecule has 0 amide bonds. The van der Waals surface area contributed by atoms with E-state index in [0.717, 1.165) is 13.1 Å². The first-order valence-electron chi connectivity index (χ1n) is 3.74. The summed E-state index contributed by atoms with van der Waals surface area (Å²) in [6, 6.07) is 0.686. The molecule has 0 saturated carbocycles. The van der Waals surface area contributed by atoms with Crippen molar-refractivity contribution in [1.29, 1.82) is 0 Å². The van der Waals surface area contributed by atoms with Gasteiger partial charge in [0.2, 0.25) is 0 Å². The lowest BCUT2D eigenvalue weighted by molar-refractivity contribution is 0.252. The van der Waals surface area contributed by atoms with Crippen molar-refractivity contribution >= 4 is 0 Å². The van der Waals surface area contributed by atoms with E-state index in [-0.39, 0.29) is 0 Å². The molecule has 0 bridgehead atoms. The average molecular weight is 128 g/mol. The van der Waals surface area contributed by atoms with Crippen LogP contribution in [0.2, 0.25) is 0 Å². The van der Waals surface area contributed by atoms with Gasteiger partial charge in [0.15, 0.2) is 0 Å². The second-order valence-electron chi connectivity index (χ2n) is 2.59. The molecule has 0 aromatic carbocycles. The van der Waals surface area contributed by atoms with Crippen molar-refractivity contribution in [3.63, 3.8) is 0 Å². The first kappa shape index (κ1) is 8.96. The van der Waals surface area contributed by atoms with E-state index in [4.69, 9.17) is 0 Å². The Balaban J connectivity index is 3.41. The van der Waals surface area contributed by atoms with Crippen molar-refractivity contribution in [1.82, 2.24) is 4.90 Å². The molecule has 1 nitrogen and oxygen atoms in total. The molecule has 0 N–H and O–H groups in total. The third-order valence-corrected chi connectivity index (χ3v) is 1.55. The molecular formula is C8H18N. The van der Waals surface area contributed by atoms with Crippen LogP contribution < -0.4 is 0 Å². The highest BCUT2D eigenvalue weighted by atomic mass is 15.1. The van der Waals surface area contributed by atoms with Gasteiger partial charge < -0.3 is 4.90 Å². The third-order valence-electron chi connectivity index (χ3n) is 1.55. The standard InChI is InChI=1S/C8H18N/c1-5-7-9(6-2)8(3)4/h5,8H,6-7H2,1-4H3. The summed E-state index contributed by atoms with van der Waals surface area (Å²) < 4.78 is 0. The summed E-state index contributed by atoms with van der Waals surface area (Å²) in [5.74, 6) is 0. The molecule has 0 aromatic rings. The van der Waals surface area contributed by atoms with E-state index in [2.05, 4.69) is 39.0 Å². The van der Waals surface area contributed by atoms with E-state index in [9.17, 15) is 0 Å². The van der Waals surface area contributed by atoms with Gasteiger partial charge >= 0.3 is 0 Å². The maximum absolute atomic E-state index is 2.42. The Bertz CT molecular complexity index is 59.6. The van der Waals surface area contributed by atoms with Crippen LogP contribution >= 0.6 is 0 Å². The second-order valence-corrected chi connectivity index (χ2v) is 2.59. The van der Waals surface area contributed by atoms with Crippen molar-refractivity contribution in [2.24, 2.45) is 0 Å². The van der Waals surface area contributed by atoms with E-state index in [1.807, 2.05) is 0 Å². The highest BCUT2D eigenvalue weighted by Gasteiger charge is 2.03. The fourth-order valence-electron chi connectivity index (χ4n) is 0.940. The number of nitrogens with zero attached hydrogens (tertiary/aromatic N) is 1. The van der Waals surface area contributed by atoms with Crippen LogP contribution in [-0.2, 0) is 0 Å². The third kappa shape index (κ3) is 3.52. The van der Waals surface area contributed by atoms with Crippen LogP contribution in [0.3, 0.4) is 0 Å². The van der Waals surface area contributed by atoms with Crippen LogP contribution in [-0.4, -0.2) is 24.0 Å². The largest absolute Gasteiger partial charge is 0.301 e. The maximum Gasteiger partial charge on any atom is 0.00385 e. The first-order valence-corrected chi connectivity index (χ1v) is 3.74. The van der Waals surface area contributed by atoms with E-state index in [1.54, 1.807) is 0 Å². The zero-order valence-corrected chi connectivity index (χ0v) is 7.02. The van der Waals surface area contributed by atoms with Gasteiger partial charge in [0.1, 0.15) is 0 Å². The molecule has 0 spiro atoms. The van der Waals surface area contributed by atoms with Gasteiger partial charge in [-0.1, -0.05) is 13.8 Å². The van der Waals surface area contributed by atoms with Gasteiger partial charge in [-0.2, -0.15) is 0 Å². The molecule has 0 fully saturated rings. The van der Waals surface area contributed by atoms with Gasteiger partial charge in [0, 0.05) is 12.6 Å².